The lowest BCUT2D eigenvalue weighted by molar-refractivity contribution is -0.0189. The van der Waals surface area contributed by atoms with E-state index in [-0.39, 0.29) is 5.60 Å². The summed E-state index contributed by atoms with van der Waals surface area (Å²) >= 11 is 1.79. The fourth-order valence-corrected chi connectivity index (χ4v) is 3.23. The van der Waals surface area contributed by atoms with Crippen molar-refractivity contribution in [3.63, 3.8) is 0 Å². The lowest BCUT2D eigenvalue weighted by Gasteiger charge is -2.27. The van der Waals surface area contributed by atoms with Crippen LogP contribution in [-0.4, -0.2) is 6.61 Å². The van der Waals surface area contributed by atoms with Crippen molar-refractivity contribution in [1.29, 1.82) is 0 Å². The van der Waals surface area contributed by atoms with Gasteiger partial charge in [-0.25, -0.2) is 0 Å². The van der Waals surface area contributed by atoms with Gasteiger partial charge in [0.1, 0.15) is 0 Å². The first-order valence-corrected chi connectivity index (χ1v) is 6.03. The molecule has 1 aromatic heterocycles. The van der Waals surface area contributed by atoms with Gasteiger partial charge in [0.05, 0.1) is 5.60 Å². The Morgan fingerprint density at radius 3 is 2.92 bits per heavy atom. The van der Waals surface area contributed by atoms with E-state index in [1.165, 1.54) is 31.2 Å². The molecule has 13 heavy (non-hydrogen) atoms. The third kappa shape index (κ3) is 1.16. The van der Waals surface area contributed by atoms with Crippen LogP contribution in [0.4, 0.5) is 0 Å². The van der Waals surface area contributed by atoms with Crippen LogP contribution in [0.2, 0.25) is 0 Å². The second-order valence-electron chi connectivity index (χ2n) is 4.13. The molecule has 1 atom stereocenters. The minimum atomic E-state index is 0.139. The molecule has 1 aliphatic carbocycles. The van der Waals surface area contributed by atoms with E-state index >= 15 is 0 Å². The Bertz CT molecular complexity index is 281. The van der Waals surface area contributed by atoms with Crippen LogP contribution in [0.15, 0.2) is 16.8 Å². The maximum atomic E-state index is 6.02. The minimum absolute atomic E-state index is 0.139. The van der Waals surface area contributed by atoms with Crippen LogP contribution in [0.25, 0.3) is 0 Å². The summed E-state index contributed by atoms with van der Waals surface area (Å²) in [5.41, 5.74) is 1.58. The zero-order valence-electron chi connectivity index (χ0n) is 7.66. The standard InChI is InChI=1S/C11H14OS/c1-5-11(12-6-1,9-2-3-9)10-4-7-13-8-10/h4,7-9H,1-3,5-6H2. The molecule has 1 unspecified atom stereocenters. The van der Waals surface area contributed by atoms with E-state index in [2.05, 4.69) is 16.8 Å². The minimum Gasteiger partial charge on any atom is -0.370 e. The molecule has 0 bridgehead atoms. The Balaban J connectivity index is 1.98. The summed E-state index contributed by atoms with van der Waals surface area (Å²) in [6.07, 6.45) is 5.23. The third-order valence-electron chi connectivity index (χ3n) is 3.30. The highest BCUT2D eigenvalue weighted by Gasteiger charge is 2.49. The van der Waals surface area contributed by atoms with Gasteiger partial charge in [-0.3, -0.25) is 0 Å². The number of ether oxygens (including phenoxy) is 1. The van der Waals surface area contributed by atoms with E-state index in [0.29, 0.717) is 0 Å². The van der Waals surface area contributed by atoms with E-state index in [0.717, 1.165) is 12.5 Å². The maximum absolute atomic E-state index is 6.02. The zero-order chi connectivity index (χ0) is 8.73. The molecule has 2 heterocycles. The first-order valence-electron chi connectivity index (χ1n) is 5.08. The summed E-state index contributed by atoms with van der Waals surface area (Å²) in [6, 6.07) is 2.24. The van der Waals surface area contributed by atoms with Crippen LogP contribution < -0.4 is 0 Å². The number of hydrogen-bond donors (Lipinski definition) is 0. The van der Waals surface area contributed by atoms with Crippen molar-refractivity contribution in [3.05, 3.63) is 22.4 Å². The van der Waals surface area contributed by atoms with E-state index < -0.39 is 0 Å². The molecule has 1 saturated heterocycles. The smallest absolute Gasteiger partial charge is 0.0968 e. The molecule has 1 aliphatic heterocycles. The van der Waals surface area contributed by atoms with Crippen LogP contribution >= 0.6 is 11.3 Å². The van der Waals surface area contributed by atoms with Crippen LogP contribution in [0.3, 0.4) is 0 Å². The molecule has 0 N–H and O–H groups in total. The van der Waals surface area contributed by atoms with Gasteiger partial charge in [0.2, 0.25) is 0 Å². The van der Waals surface area contributed by atoms with Gasteiger partial charge in [0.15, 0.2) is 0 Å². The molecular formula is C11H14OS. The maximum Gasteiger partial charge on any atom is 0.0968 e. The molecule has 1 saturated carbocycles. The Morgan fingerprint density at radius 1 is 1.46 bits per heavy atom. The van der Waals surface area contributed by atoms with Crippen molar-refractivity contribution < 1.29 is 4.74 Å². The van der Waals surface area contributed by atoms with Gasteiger partial charge in [0, 0.05) is 6.61 Å². The van der Waals surface area contributed by atoms with E-state index in [4.69, 9.17) is 4.74 Å². The number of thiophene rings is 1. The highest BCUT2D eigenvalue weighted by Crippen LogP contribution is 2.53. The summed E-state index contributed by atoms with van der Waals surface area (Å²) < 4.78 is 6.02. The van der Waals surface area contributed by atoms with Crippen LogP contribution in [0, 0.1) is 5.92 Å². The van der Waals surface area contributed by atoms with Crippen LogP contribution in [0.1, 0.15) is 31.2 Å². The van der Waals surface area contributed by atoms with E-state index in [9.17, 15) is 0 Å². The van der Waals surface area contributed by atoms with Crippen LogP contribution in [-0.2, 0) is 10.3 Å². The monoisotopic (exact) mass is 194 g/mol. The molecule has 0 amide bonds. The highest BCUT2D eigenvalue weighted by atomic mass is 32.1. The molecule has 3 rings (SSSR count). The fraction of sp³-hybridized carbons (Fsp3) is 0.636. The van der Waals surface area contributed by atoms with Gasteiger partial charge in [-0.05, 0) is 54.0 Å². The van der Waals surface area contributed by atoms with Crippen molar-refractivity contribution >= 4 is 11.3 Å². The summed E-state index contributed by atoms with van der Waals surface area (Å²) in [5, 5.41) is 4.44. The molecule has 0 spiro atoms. The highest BCUT2D eigenvalue weighted by molar-refractivity contribution is 7.08. The fourth-order valence-electron chi connectivity index (χ4n) is 2.50. The average Bonchev–Trinajstić information content (AvgIpc) is 2.73. The normalized spacial score (nSPS) is 33.8. The molecule has 1 nitrogen and oxygen atoms in total. The van der Waals surface area contributed by atoms with E-state index in [1.54, 1.807) is 11.3 Å². The van der Waals surface area contributed by atoms with Crippen molar-refractivity contribution in [2.24, 2.45) is 5.92 Å². The second kappa shape index (κ2) is 2.82. The molecule has 1 aromatic rings. The first kappa shape index (κ1) is 8.01. The molecule has 2 fully saturated rings. The zero-order valence-corrected chi connectivity index (χ0v) is 8.48. The lowest BCUT2D eigenvalue weighted by Crippen LogP contribution is -2.26. The number of hydrogen-bond acceptors (Lipinski definition) is 2. The summed E-state index contributed by atoms with van der Waals surface area (Å²) in [4.78, 5) is 0. The topological polar surface area (TPSA) is 9.23 Å². The molecule has 0 radical (unpaired) electrons. The van der Waals surface area contributed by atoms with Crippen LogP contribution in [0.5, 0.6) is 0 Å². The largest absolute Gasteiger partial charge is 0.370 e. The van der Waals surface area contributed by atoms with Crippen molar-refractivity contribution in [2.45, 2.75) is 31.3 Å². The summed E-state index contributed by atoms with van der Waals surface area (Å²) in [6.45, 7) is 0.965. The lowest BCUT2D eigenvalue weighted by atomic mass is 9.88. The quantitative estimate of drug-likeness (QED) is 0.702. The first-order chi connectivity index (χ1) is 6.42. The Morgan fingerprint density at radius 2 is 2.38 bits per heavy atom. The van der Waals surface area contributed by atoms with Gasteiger partial charge in [-0.1, -0.05) is 0 Å². The van der Waals surface area contributed by atoms with Crippen molar-refractivity contribution in [2.75, 3.05) is 6.61 Å². The second-order valence-corrected chi connectivity index (χ2v) is 4.91. The predicted molar refractivity (Wildman–Crippen MR) is 53.9 cm³/mol. The molecule has 2 heteroatoms. The van der Waals surface area contributed by atoms with Gasteiger partial charge in [-0.2, -0.15) is 11.3 Å². The summed E-state index contributed by atoms with van der Waals surface area (Å²) in [5.74, 6) is 0.824. The van der Waals surface area contributed by atoms with Gasteiger partial charge >= 0.3 is 0 Å². The molecule has 70 valence electrons. The predicted octanol–water partition coefficient (Wildman–Crippen LogP) is 3.16. The average molecular weight is 194 g/mol. The Labute approximate surface area is 82.7 Å². The summed E-state index contributed by atoms with van der Waals surface area (Å²) in [7, 11) is 0. The van der Waals surface area contributed by atoms with E-state index in [1.807, 2.05) is 0 Å². The molecule has 0 aromatic carbocycles. The van der Waals surface area contributed by atoms with Crippen molar-refractivity contribution in [1.82, 2.24) is 0 Å². The SMILES string of the molecule is c1cc(C2(C3CC3)CCCO2)cs1. The van der Waals surface area contributed by atoms with Crippen molar-refractivity contribution in [3.8, 4) is 0 Å². The number of rotatable bonds is 2. The third-order valence-corrected chi connectivity index (χ3v) is 3.98. The Kier molecular flexibility index (Phi) is 1.74. The Hall–Kier alpha value is -0.340. The van der Waals surface area contributed by atoms with Gasteiger partial charge in [-0.15, -0.1) is 0 Å². The molecular weight excluding hydrogens is 180 g/mol. The molecule has 2 aliphatic rings. The van der Waals surface area contributed by atoms with Gasteiger partial charge in [0.25, 0.3) is 0 Å². The van der Waals surface area contributed by atoms with Gasteiger partial charge < -0.3 is 4.74 Å².